The Hall–Kier alpha value is -1.58. The molecule has 5 heteroatoms. The Kier molecular flexibility index (Phi) is 4.99. The third kappa shape index (κ3) is 3.71. The molecule has 2 rings (SSSR count). The van der Waals surface area contributed by atoms with Crippen molar-refractivity contribution in [3.63, 3.8) is 0 Å². The molecule has 0 radical (unpaired) electrons. The molecule has 2 N–H and O–H groups in total. The summed E-state index contributed by atoms with van der Waals surface area (Å²) in [6, 6.07) is 10.6. The summed E-state index contributed by atoms with van der Waals surface area (Å²) < 4.78 is 5.35. The van der Waals surface area contributed by atoms with Crippen LogP contribution in [0.3, 0.4) is 0 Å². The van der Waals surface area contributed by atoms with E-state index in [4.69, 9.17) is 27.9 Å². The first kappa shape index (κ1) is 14.8. The van der Waals surface area contributed by atoms with Gasteiger partial charge < -0.3 is 15.2 Å². The lowest BCUT2D eigenvalue weighted by atomic mass is 10.2. The van der Waals surface area contributed by atoms with Crippen molar-refractivity contribution < 1.29 is 9.84 Å². The van der Waals surface area contributed by atoms with E-state index in [9.17, 15) is 5.11 Å². The van der Waals surface area contributed by atoms with Gasteiger partial charge in [0.1, 0.15) is 0 Å². The summed E-state index contributed by atoms with van der Waals surface area (Å²) in [5.41, 5.74) is 1.88. The van der Waals surface area contributed by atoms with Gasteiger partial charge in [-0.1, -0.05) is 29.3 Å². The number of ether oxygens (including phenoxy) is 1. The SMILES string of the molecule is CCOc1cc(CNc2ccc(Cl)c(Cl)c2)ccc1O. The third-order valence-corrected chi connectivity index (χ3v) is 3.48. The molecular formula is C15H15Cl2NO2. The van der Waals surface area contributed by atoms with Gasteiger partial charge in [-0.05, 0) is 42.8 Å². The Morgan fingerprint density at radius 3 is 2.60 bits per heavy atom. The molecule has 3 nitrogen and oxygen atoms in total. The zero-order valence-electron chi connectivity index (χ0n) is 11.0. The molecule has 0 aromatic heterocycles. The molecule has 0 spiro atoms. The molecule has 0 aliphatic heterocycles. The minimum atomic E-state index is 0.144. The number of nitrogens with one attached hydrogen (secondary N) is 1. The molecule has 0 amide bonds. The van der Waals surface area contributed by atoms with Crippen molar-refractivity contribution in [1.29, 1.82) is 0 Å². The lowest BCUT2D eigenvalue weighted by molar-refractivity contribution is 0.318. The van der Waals surface area contributed by atoms with Crippen LogP contribution in [0.2, 0.25) is 10.0 Å². The van der Waals surface area contributed by atoms with Crippen molar-refractivity contribution in [3.8, 4) is 11.5 Å². The van der Waals surface area contributed by atoms with Crippen LogP contribution in [0.25, 0.3) is 0 Å². The maximum Gasteiger partial charge on any atom is 0.161 e. The number of anilines is 1. The van der Waals surface area contributed by atoms with Gasteiger partial charge in [-0.2, -0.15) is 0 Å². The second kappa shape index (κ2) is 6.73. The van der Waals surface area contributed by atoms with E-state index in [2.05, 4.69) is 5.32 Å². The highest BCUT2D eigenvalue weighted by Crippen LogP contribution is 2.28. The Labute approximate surface area is 128 Å². The van der Waals surface area contributed by atoms with Gasteiger partial charge in [0.15, 0.2) is 11.5 Å². The van der Waals surface area contributed by atoms with Crippen LogP contribution < -0.4 is 10.1 Å². The lowest BCUT2D eigenvalue weighted by Gasteiger charge is -2.10. The fraction of sp³-hybridized carbons (Fsp3) is 0.200. The van der Waals surface area contributed by atoms with Gasteiger partial charge in [0, 0.05) is 12.2 Å². The number of halogens is 2. The Balaban J connectivity index is 2.06. The van der Waals surface area contributed by atoms with E-state index in [1.165, 1.54) is 0 Å². The molecule has 106 valence electrons. The van der Waals surface area contributed by atoms with Gasteiger partial charge in [-0.25, -0.2) is 0 Å². The molecular weight excluding hydrogens is 297 g/mol. The number of hydrogen-bond donors (Lipinski definition) is 2. The number of phenolic OH excluding ortho intramolecular Hbond substituents is 1. The summed E-state index contributed by atoms with van der Waals surface area (Å²) in [6.07, 6.45) is 0. The highest BCUT2D eigenvalue weighted by molar-refractivity contribution is 6.42. The predicted octanol–water partition coefficient (Wildman–Crippen LogP) is 4.71. The summed E-state index contributed by atoms with van der Waals surface area (Å²) in [6.45, 7) is 2.98. The molecule has 2 aromatic rings. The normalized spacial score (nSPS) is 10.3. The van der Waals surface area contributed by atoms with Crippen LogP contribution in [-0.2, 0) is 6.54 Å². The molecule has 0 bridgehead atoms. The number of phenols is 1. The molecule has 0 fully saturated rings. The lowest BCUT2D eigenvalue weighted by Crippen LogP contribution is -2.00. The second-order valence-corrected chi connectivity index (χ2v) is 5.03. The van der Waals surface area contributed by atoms with Crippen LogP contribution in [0.1, 0.15) is 12.5 Å². The fourth-order valence-corrected chi connectivity index (χ4v) is 2.05. The molecule has 0 unspecified atom stereocenters. The largest absolute Gasteiger partial charge is 0.504 e. The first-order valence-electron chi connectivity index (χ1n) is 6.23. The van der Waals surface area contributed by atoms with E-state index in [0.29, 0.717) is 28.9 Å². The fourth-order valence-electron chi connectivity index (χ4n) is 1.75. The second-order valence-electron chi connectivity index (χ2n) is 4.22. The Bertz CT molecular complexity index is 602. The van der Waals surface area contributed by atoms with Crippen LogP contribution in [0.4, 0.5) is 5.69 Å². The number of aromatic hydroxyl groups is 1. The first-order valence-corrected chi connectivity index (χ1v) is 6.99. The van der Waals surface area contributed by atoms with Gasteiger partial charge in [-0.15, -0.1) is 0 Å². The topological polar surface area (TPSA) is 41.5 Å². The molecule has 0 atom stereocenters. The molecule has 20 heavy (non-hydrogen) atoms. The molecule has 0 heterocycles. The molecule has 0 saturated heterocycles. The van der Waals surface area contributed by atoms with Gasteiger partial charge in [0.2, 0.25) is 0 Å². The Morgan fingerprint density at radius 1 is 1.10 bits per heavy atom. The van der Waals surface area contributed by atoms with Gasteiger partial charge in [0.05, 0.1) is 16.7 Å². The van der Waals surface area contributed by atoms with E-state index >= 15 is 0 Å². The van der Waals surface area contributed by atoms with E-state index in [1.54, 1.807) is 18.2 Å². The maximum absolute atomic E-state index is 9.64. The average Bonchev–Trinajstić information content (AvgIpc) is 2.43. The number of hydrogen-bond acceptors (Lipinski definition) is 3. The van der Waals surface area contributed by atoms with E-state index < -0.39 is 0 Å². The zero-order chi connectivity index (χ0) is 14.5. The first-order chi connectivity index (χ1) is 9.60. The van der Waals surface area contributed by atoms with Crippen molar-refractivity contribution >= 4 is 28.9 Å². The third-order valence-electron chi connectivity index (χ3n) is 2.74. The molecule has 2 aromatic carbocycles. The minimum Gasteiger partial charge on any atom is -0.504 e. The van der Waals surface area contributed by atoms with Crippen molar-refractivity contribution in [2.24, 2.45) is 0 Å². The van der Waals surface area contributed by atoms with Crippen molar-refractivity contribution in [2.75, 3.05) is 11.9 Å². The van der Waals surface area contributed by atoms with Gasteiger partial charge >= 0.3 is 0 Å². The molecule has 0 saturated carbocycles. The minimum absolute atomic E-state index is 0.144. The Morgan fingerprint density at radius 2 is 1.90 bits per heavy atom. The summed E-state index contributed by atoms with van der Waals surface area (Å²) in [5, 5.41) is 13.9. The van der Waals surface area contributed by atoms with E-state index in [-0.39, 0.29) is 5.75 Å². The van der Waals surface area contributed by atoms with Crippen molar-refractivity contribution in [2.45, 2.75) is 13.5 Å². The van der Waals surface area contributed by atoms with Gasteiger partial charge in [-0.3, -0.25) is 0 Å². The van der Waals surface area contributed by atoms with Crippen LogP contribution in [0.15, 0.2) is 36.4 Å². The summed E-state index contributed by atoms with van der Waals surface area (Å²) >= 11 is 11.8. The smallest absolute Gasteiger partial charge is 0.161 e. The van der Waals surface area contributed by atoms with Crippen LogP contribution in [0, 0.1) is 0 Å². The van der Waals surface area contributed by atoms with E-state index in [0.717, 1.165) is 11.3 Å². The number of rotatable bonds is 5. The van der Waals surface area contributed by atoms with Crippen molar-refractivity contribution in [3.05, 3.63) is 52.0 Å². The van der Waals surface area contributed by atoms with Crippen LogP contribution in [0.5, 0.6) is 11.5 Å². The quantitative estimate of drug-likeness (QED) is 0.840. The monoisotopic (exact) mass is 311 g/mol. The maximum atomic E-state index is 9.64. The van der Waals surface area contributed by atoms with Crippen molar-refractivity contribution in [1.82, 2.24) is 0 Å². The van der Waals surface area contributed by atoms with E-state index in [1.807, 2.05) is 25.1 Å². The zero-order valence-corrected chi connectivity index (χ0v) is 12.5. The summed E-state index contributed by atoms with van der Waals surface area (Å²) in [4.78, 5) is 0. The molecule has 0 aliphatic carbocycles. The highest BCUT2D eigenvalue weighted by atomic mass is 35.5. The standard InChI is InChI=1S/C15H15Cl2NO2/c1-2-20-15-7-10(3-6-14(15)19)9-18-11-4-5-12(16)13(17)8-11/h3-8,18-19H,2,9H2,1H3. The summed E-state index contributed by atoms with van der Waals surface area (Å²) in [7, 11) is 0. The van der Waals surface area contributed by atoms with Crippen LogP contribution in [-0.4, -0.2) is 11.7 Å². The molecule has 0 aliphatic rings. The highest BCUT2D eigenvalue weighted by Gasteiger charge is 2.04. The van der Waals surface area contributed by atoms with Crippen LogP contribution >= 0.6 is 23.2 Å². The predicted molar refractivity (Wildman–Crippen MR) is 83.1 cm³/mol. The average molecular weight is 312 g/mol. The van der Waals surface area contributed by atoms with Gasteiger partial charge in [0.25, 0.3) is 0 Å². The number of benzene rings is 2. The summed E-state index contributed by atoms with van der Waals surface area (Å²) in [5.74, 6) is 0.631.